The zero-order valence-electron chi connectivity index (χ0n) is 12.3. The van der Waals surface area contributed by atoms with Crippen molar-refractivity contribution in [3.8, 4) is 0 Å². The van der Waals surface area contributed by atoms with Gasteiger partial charge in [0.1, 0.15) is 0 Å². The van der Waals surface area contributed by atoms with Crippen LogP contribution in [0.15, 0.2) is 24.3 Å². The molecule has 0 fully saturated rings. The summed E-state index contributed by atoms with van der Waals surface area (Å²) in [5.41, 5.74) is 7.65. The SMILES string of the molecule is CCC(CC)(CC)NC(=O)CCc1ccccc1N. The van der Waals surface area contributed by atoms with E-state index in [0.717, 1.165) is 30.5 Å². The Kier molecular flexibility index (Phi) is 5.87. The highest BCUT2D eigenvalue weighted by Crippen LogP contribution is 2.20. The van der Waals surface area contributed by atoms with Gasteiger partial charge in [0.15, 0.2) is 0 Å². The molecule has 3 nitrogen and oxygen atoms in total. The number of nitrogens with one attached hydrogen (secondary N) is 1. The van der Waals surface area contributed by atoms with Crippen LogP contribution in [0, 0.1) is 0 Å². The van der Waals surface area contributed by atoms with Crippen molar-refractivity contribution in [3.05, 3.63) is 29.8 Å². The first-order valence-electron chi connectivity index (χ1n) is 7.21. The average Bonchev–Trinajstić information content (AvgIpc) is 2.44. The Morgan fingerprint density at radius 2 is 1.74 bits per heavy atom. The molecule has 19 heavy (non-hydrogen) atoms. The fourth-order valence-corrected chi connectivity index (χ4v) is 2.38. The van der Waals surface area contributed by atoms with Gasteiger partial charge in [0, 0.05) is 17.6 Å². The standard InChI is InChI=1S/C16H26N2O/c1-4-16(5-2,6-3)18-15(19)12-11-13-9-7-8-10-14(13)17/h7-10H,4-6,11-12,17H2,1-3H3,(H,18,19). The summed E-state index contributed by atoms with van der Waals surface area (Å²) < 4.78 is 0. The van der Waals surface area contributed by atoms with Crippen molar-refractivity contribution in [3.63, 3.8) is 0 Å². The van der Waals surface area contributed by atoms with Crippen LogP contribution in [0.2, 0.25) is 0 Å². The van der Waals surface area contributed by atoms with Crippen LogP contribution in [0.4, 0.5) is 5.69 Å². The maximum Gasteiger partial charge on any atom is 0.220 e. The normalized spacial score (nSPS) is 11.3. The Balaban J connectivity index is 2.54. The van der Waals surface area contributed by atoms with Crippen LogP contribution < -0.4 is 11.1 Å². The van der Waals surface area contributed by atoms with Gasteiger partial charge in [-0.2, -0.15) is 0 Å². The third-order valence-electron chi connectivity index (χ3n) is 4.11. The van der Waals surface area contributed by atoms with Crippen LogP contribution in [0.1, 0.15) is 52.0 Å². The molecule has 0 aromatic heterocycles. The number of anilines is 1. The highest BCUT2D eigenvalue weighted by Gasteiger charge is 2.25. The lowest BCUT2D eigenvalue weighted by molar-refractivity contribution is -0.123. The molecule has 0 aliphatic heterocycles. The van der Waals surface area contributed by atoms with Gasteiger partial charge in [-0.15, -0.1) is 0 Å². The van der Waals surface area contributed by atoms with E-state index in [0.29, 0.717) is 12.8 Å². The lowest BCUT2D eigenvalue weighted by Crippen LogP contribution is -2.47. The van der Waals surface area contributed by atoms with Crippen LogP contribution in [0.5, 0.6) is 0 Å². The van der Waals surface area contributed by atoms with E-state index in [1.165, 1.54) is 0 Å². The second kappa shape index (κ2) is 7.17. The topological polar surface area (TPSA) is 55.1 Å². The third kappa shape index (κ3) is 4.27. The number of nitrogen functional groups attached to an aromatic ring is 1. The number of para-hydroxylation sites is 1. The summed E-state index contributed by atoms with van der Waals surface area (Å²) in [6.45, 7) is 6.38. The Morgan fingerprint density at radius 3 is 2.26 bits per heavy atom. The maximum absolute atomic E-state index is 12.1. The summed E-state index contributed by atoms with van der Waals surface area (Å²) in [5, 5.41) is 3.19. The van der Waals surface area contributed by atoms with Crippen molar-refractivity contribution in [2.24, 2.45) is 0 Å². The fraction of sp³-hybridized carbons (Fsp3) is 0.562. The zero-order chi connectivity index (χ0) is 14.3. The van der Waals surface area contributed by atoms with Crippen molar-refractivity contribution < 1.29 is 4.79 Å². The molecule has 0 aliphatic rings. The summed E-state index contributed by atoms with van der Waals surface area (Å²) >= 11 is 0. The van der Waals surface area contributed by atoms with E-state index in [-0.39, 0.29) is 11.4 Å². The van der Waals surface area contributed by atoms with Crippen LogP contribution in [0.3, 0.4) is 0 Å². The molecular formula is C16H26N2O. The lowest BCUT2D eigenvalue weighted by Gasteiger charge is -2.31. The summed E-state index contributed by atoms with van der Waals surface area (Å²) in [7, 11) is 0. The fourth-order valence-electron chi connectivity index (χ4n) is 2.38. The minimum Gasteiger partial charge on any atom is -0.399 e. The van der Waals surface area contributed by atoms with Gasteiger partial charge in [0.05, 0.1) is 0 Å². The predicted octanol–water partition coefficient (Wildman–Crippen LogP) is 3.29. The number of amides is 1. The van der Waals surface area contributed by atoms with E-state index in [4.69, 9.17) is 5.73 Å². The first-order valence-corrected chi connectivity index (χ1v) is 7.21. The predicted molar refractivity (Wildman–Crippen MR) is 80.9 cm³/mol. The molecule has 1 aromatic rings. The molecule has 1 amide bonds. The average molecular weight is 262 g/mol. The number of carbonyl (C=O) groups excluding carboxylic acids is 1. The Morgan fingerprint density at radius 1 is 1.16 bits per heavy atom. The van der Waals surface area contributed by atoms with Gasteiger partial charge >= 0.3 is 0 Å². The minimum atomic E-state index is -0.0423. The molecule has 3 heteroatoms. The highest BCUT2D eigenvalue weighted by molar-refractivity contribution is 5.77. The maximum atomic E-state index is 12.1. The first-order chi connectivity index (χ1) is 9.06. The van der Waals surface area contributed by atoms with E-state index >= 15 is 0 Å². The monoisotopic (exact) mass is 262 g/mol. The number of aryl methyl sites for hydroxylation is 1. The van der Waals surface area contributed by atoms with E-state index in [9.17, 15) is 4.79 Å². The van der Waals surface area contributed by atoms with Crippen molar-refractivity contribution in [1.29, 1.82) is 0 Å². The number of rotatable bonds is 7. The molecule has 0 radical (unpaired) electrons. The lowest BCUT2D eigenvalue weighted by atomic mass is 9.89. The minimum absolute atomic E-state index is 0.0423. The highest BCUT2D eigenvalue weighted by atomic mass is 16.1. The molecule has 0 bridgehead atoms. The smallest absolute Gasteiger partial charge is 0.220 e. The molecule has 106 valence electrons. The van der Waals surface area contributed by atoms with Crippen molar-refractivity contribution in [1.82, 2.24) is 5.32 Å². The van der Waals surface area contributed by atoms with Gasteiger partial charge in [-0.25, -0.2) is 0 Å². The first kappa shape index (κ1) is 15.5. The van der Waals surface area contributed by atoms with Crippen LogP contribution >= 0.6 is 0 Å². The van der Waals surface area contributed by atoms with Crippen molar-refractivity contribution >= 4 is 11.6 Å². The van der Waals surface area contributed by atoms with Gasteiger partial charge < -0.3 is 11.1 Å². The molecule has 1 aromatic carbocycles. The summed E-state index contributed by atoms with van der Waals surface area (Å²) in [6.07, 6.45) is 4.11. The number of hydrogen-bond acceptors (Lipinski definition) is 2. The number of carbonyl (C=O) groups is 1. The molecule has 0 unspecified atom stereocenters. The third-order valence-corrected chi connectivity index (χ3v) is 4.11. The van der Waals surface area contributed by atoms with Gasteiger partial charge in [-0.05, 0) is 37.3 Å². The Hall–Kier alpha value is -1.51. The van der Waals surface area contributed by atoms with Crippen LogP contribution in [-0.2, 0) is 11.2 Å². The summed E-state index contributed by atoms with van der Waals surface area (Å²) in [6, 6.07) is 7.73. The van der Waals surface area contributed by atoms with E-state index in [2.05, 4.69) is 26.1 Å². The quantitative estimate of drug-likeness (QED) is 0.741. The molecule has 0 saturated carbocycles. The zero-order valence-corrected chi connectivity index (χ0v) is 12.3. The Bertz CT molecular complexity index is 403. The summed E-state index contributed by atoms with van der Waals surface area (Å²) in [4.78, 5) is 12.1. The number of nitrogens with two attached hydrogens (primary N) is 1. The molecule has 0 aliphatic carbocycles. The van der Waals surface area contributed by atoms with Crippen LogP contribution in [0.25, 0.3) is 0 Å². The van der Waals surface area contributed by atoms with Gasteiger partial charge in [-0.1, -0.05) is 39.0 Å². The number of hydrogen-bond donors (Lipinski definition) is 2. The molecule has 0 atom stereocenters. The molecular weight excluding hydrogens is 236 g/mol. The molecule has 3 N–H and O–H groups in total. The van der Waals surface area contributed by atoms with Gasteiger partial charge in [-0.3, -0.25) is 4.79 Å². The molecule has 1 rings (SSSR count). The number of benzene rings is 1. The van der Waals surface area contributed by atoms with Gasteiger partial charge in [0.2, 0.25) is 5.91 Å². The van der Waals surface area contributed by atoms with Crippen molar-refractivity contribution in [2.75, 3.05) is 5.73 Å². The van der Waals surface area contributed by atoms with E-state index in [1.54, 1.807) is 0 Å². The van der Waals surface area contributed by atoms with Gasteiger partial charge in [0.25, 0.3) is 0 Å². The molecule has 0 heterocycles. The largest absolute Gasteiger partial charge is 0.399 e. The second-order valence-corrected chi connectivity index (χ2v) is 5.09. The Labute approximate surface area is 116 Å². The van der Waals surface area contributed by atoms with E-state index in [1.807, 2.05) is 24.3 Å². The molecule has 0 saturated heterocycles. The van der Waals surface area contributed by atoms with Crippen molar-refractivity contribution in [2.45, 2.75) is 58.4 Å². The van der Waals surface area contributed by atoms with E-state index < -0.39 is 0 Å². The second-order valence-electron chi connectivity index (χ2n) is 5.09. The van der Waals surface area contributed by atoms with Crippen LogP contribution in [-0.4, -0.2) is 11.4 Å². The summed E-state index contributed by atoms with van der Waals surface area (Å²) in [5.74, 6) is 0.119. The molecule has 0 spiro atoms.